The van der Waals surface area contributed by atoms with Crippen LogP contribution in [0.15, 0.2) is 24.5 Å². The molecule has 5 nitrogen and oxygen atoms in total. The topological polar surface area (TPSA) is 55.3 Å². The molecular weight excluding hydrogens is 262 g/mol. The molecule has 0 aliphatic heterocycles. The van der Waals surface area contributed by atoms with Gasteiger partial charge in [0.15, 0.2) is 10.8 Å². The van der Waals surface area contributed by atoms with E-state index in [0.717, 1.165) is 22.1 Å². The third-order valence-electron chi connectivity index (χ3n) is 2.66. The van der Waals surface area contributed by atoms with Gasteiger partial charge >= 0.3 is 5.97 Å². The summed E-state index contributed by atoms with van der Waals surface area (Å²) in [5, 5.41) is 0.801. The van der Waals surface area contributed by atoms with E-state index >= 15 is 0 Å². The maximum Gasteiger partial charge on any atom is 0.357 e. The van der Waals surface area contributed by atoms with Gasteiger partial charge < -0.3 is 9.64 Å². The van der Waals surface area contributed by atoms with Crippen LogP contribution in [0, 0.1) is 6.92 Å². The summed E-state index contributed by atoms with van der Waals surface area (Å²) in [4.78, 5) is 22.7. The highest BCUT2D eigenvalue weighted by Gasteiger charge is 2.17. The average molecular weight is 277 g/mol. The molecule has 0 N–H and O–H groups in total. The van der Waals surface area contributed by atoms with Gasteiger partial charge in [-0.2, -0.15) is 0 Å². The zero-order valence-corrected chi connectivity index (χ0v) is 11.9. The third-order valence-corrected chi connectivity index (χ3v) is 3.74. The van der Waals surface area contributed by atoms with E-state index in [0.29, 0.717) is 5.69 Å². The van der Waals surface area contributed by atoms with Gasteiger partial charge in [0.05, 0.1) is 7.11 Å². The zero-order valence-electron chi connectivity index (χ0n) is 11.1. The van der Waals surface area contributed by atoms with E-state index in [1.54, 1.807) is 12.4 Å². The van der Waals surface area contributed by atoms with Gasteiger partial charge in [-0.3, -0.25) is 4.98 Å². The Bertz CT molecular complexity index is 569. The van der Waals surface area contributed by atoms with Crippen LogP contribution in [0.1, 0.15) is 20.9 Å². The van der Waals surface area contributed by atoms with Crippen LogP contribution in [-0.4, -0.2) is 30.1 Å². The lowest BCUT2D eigenvalue weighted by molar-refractivity contribution is 0.0594. The summed E-state index contributed by atoms with van der Waals surface area (Å²) in [7, 11) is 3.31. The van der Waals surface area contributed by atoms with Crippen LogP contribution in [0.4, 0.5) is 5.13 Å². The number of anilines is 1. The van der Waals surface area contributed by atoms with Crippen LogP contribution in [0.25, 0.3) is 0 Å². The molecule has 0 bridgehead atoms. The standard InChI is InChI=1S/C13H15N3O2S/c1-9-11(12(17)18-3)15-13(19-9)16(2)8-10-4-6-14-7-5-10/h4-7H,8H2,1-3H3. The smallest absolute Gasteiger partial charge is 0.357 e. The first kappa shape index (κ1) is 13.5. The fraction of sp³-hybridized carbons (Fsp3) is 0.308. The molecule has 0 aliphatic rings. The number of thiazole rings is 1. The van der Waals surface area contributed by atoms with Gasteiger partial charge in [-0.15, -0.1) is 11.3 Å². The van der Waals surface area contributed by atoms with Crippen LogP contribution in [-0.2, 0) is 11.3 Å². The molecule has 2 aromatic heterocycles. The molecule has 0 aromatic carbocycles. The number of ether oxygens (including phenoxy) is 1. The van der Waals surface area contributed by atoms with E-state index in [4.69, 9.17) is 4.74 Å². The normalized spacial score (nSPS) is 10.3. The molecule has 0 radical (unpaired) electrons. The minimum atomic E-state index is -0.391. The summed E-state index contributed by atoms with van der Waals surface area (Å²) in [6.45, 7) is 2.59. The molecule has 0 saturated heterocycles. The van der Waals surface area contributed by atoms with Crippen molar-refractivity contribution in [1.29, 1.82) is 0 Å². The van der Waals surface area contributed by atoms with Gasteiger partial charge in [0.1, 0.15) is 0 Å². The summed E-state index contributed by atoms with van der Waals surface area (Å²) >= 11 is 1.48. The van der Waals surface area contributed by atoms with E-state index in [2.05, 4.69) is 9.97 Å². The monoisotopic (exact) mass is 277 g/mol. The van der Waals surface area contributed by atoms with E-state index < -0.39 is 5.97 Å². The molecule has 2 rings (SSSR count). The first-order valence-electron chi connectivity index (χ1n) is 5.77. The highest BCUT2D eigenvalue weighted by atomic mass is 32.1. The predicted molar refractivity (Wildman–Crippen MR) is 74.5 cm³/mol. The lowest BCUT2D eigenvalue weighted by Gasteiger charge is -2.15. The van der Waals surface area contributed by atoms with Crippen LogP contribution in [0.3, 0.4) is 0 Å². The average Bonchev–Trinajstić information content (AvgIpc) is 2.81. The number of hydrogen-bond donors (Lipinski definition) is 0. The number of pyridine rings is 1. The van der Waals surface area contributed by atoms with Crippen molar-refractivity contribution in [3.63, 3.8) is 0 Å². The summed E-state index contributed by atoms with van der Waals surface area (Å²) in [5.41, 5.74) is 1.54. The third kappa shape index (κ3) is 3.08. The van der Waals surface area contributed by atoms with Crippen molar-refractivity contribution in [1.82, 2.24) is 9.97 Å². The van der Waals surface area contributed by atoms with Crippen LogP contribution in [0.2, 0.25) is 0 Å². The minimum Gasteiger partial charge on any atom is -0.464 e. The first-order valence-corrected chi connectivity index (χ1v) is 6.59. The number of hydrogen-bond acceptors (Lipinski definition) is 6. The lowest BCUT2D eigenvalue weighted by Crippen LogP contribution is -2.16. The van der Waals surface area contributed by atoms with Crippen molar-refractivity contribution >= 4 is 22.4 Å². The SMILES string of the molecule is COC(=O)c1nc(N(C)Cc2ccncc2)sc1C. The molecule has 0 fully saturated rings. The van der Waals surface area contributed by atoms with Crippen LogP contribution < -0.4 is 4.90 Å². The quantitative estimate of drug-likeness (QED) is 0.802. The molecule has 0 spiro atoms. The van der Waals surface area contributed by atoms with E-state index in [1.807, 2.05) is 31.0 Å². The van der Waals surface area contributed by atoms with Crippen molar-refractivity contribution in [3.05, 3.63) is 40.7 Å². The number of aromatic nitrogens is 2. The number of aryl methyl sites for hydroxylation is 1. The fourth-order valence-corrected chi connectivity index (χ4v) is 2.52. The van der Waals surface area contributed by atoms with Crippen molar-refractivity contribution < 1.29 is 9.53 Å². The molecule has 100 valence electrons. The molecule has 0 unspecified atom stereocenters. The van der Waals surface area contributed by atoms with Crippen molar-refractivity contribution in [3.8, 4) is 0 Å². The van der Waals surface area contributed by atoms with Crippen LogP contribution in [0.5, 0.6) is 0 Å². The lowest BCUT2D eigenvalue weighted by atomic mass is 10.2. The Labute approximate surface area is 115 Å². The highest BCUT2D eigenvalue weighted by Crippen LogP contribution is 2.26. The van der Waals surface area contributed by atoms with Crippen molar-refractivity contribution in [2.24, 2.45) is 0 Å². The molecule has 0 aliphatic carbocycles. The number of carbonyl (C=O) groups excluding carboxylic acids is 1. The fourth-order valence-electron chi connectivity index (χ4n) is 1.66. The van der Waals surface area contributed by atoms with E-state index in [1.165, 1.54) is 18.4 Å². The number of esters is 1. The number of methoxy groups -OCH3 is 1. The number of rotatable bonds is 4. The van der Waals surface area contributed by atoms with Gasteiger partial charge in [0.2, 0.25) is 0 Å². The summed E-state index contributed by atoms with van der Waals surface area (Å²) in [5.74, 6) is -0.391. The van der Waals surface area contributed by atoms with Gasteiger partial charge in [-0.1, -0.05) is 0 Å². The minimum absolute atomic E-state index is 0.391. The second-order valence-corrected chi connectivity index (χ2v) is 5.29. The summed E-state index contributed by atoms with van der Waals surface area (Å²) in [6.07, 6.45) is 3.52. The molecule has 0 saturated carbocycles. The Hall–Kier alpha value is -1.95. The second-order valence-electron chi connectivity index (χ2n) is 4.10. The van der Waals surface area contributed by atoms with E-state index in [-0.39, 0.29) is 0 Å². The van der Waals surface area contributed by atoms with Crippen LogP contribution >= 0.6 is 11.3 Å². The Morgan fingerprint density at radius 2 is 2.11 bits per heavy atom. The van der Waals surface area contributed by atoms with Crippen molar-refractivity contribution in [2.45, 2.75) is 13.5 Å². The van der Waals surface area contributed by atoms with Gasteiger partial charge in [-0.05, 0) is 24.6 Å². The predicted octanol–water partition coefficient (Wildman–Crippen LogP) is 2.27. The molecule has 2 heterocycles. The molecule has 2 aromatic rings. The van der Waals surface area contributed by atoms with Gasteiger partial charge in [-0.25, -0.2) is 9.78 Å². The van der Waals surface area contributed by atoms with Crippen molar-refractivity contribution in [2.75, 3.05) is 19.1 Å². The molecule has 0 atom stereocenters. The molecule has 0 amide bonds. The zero-order chi connectivity index (χ0) is 13.8. The maximum absolute atomic E-state index is 11.5. The second kappa shape index (κ2) is 5.79. The Balaban J connectivity index is 2.16. The largest absolute Gasteiger partial charge is 0.464 e. The highest BCUT2D eigenvalue weighted by molar-refractivity contribution is 7.15. The summed E-state index contributed by atoms with van der Waals surface area (Å²) in [6, 6.07) is 3.91. The summed E-state index contributed by atoms with van der Waals surface area (Å²) < 4.78 is 4.71. The van der Waals surface area contributed by atoms with Gasteiger partial charge in [0, 0.05) is 30.9 Å². The molecular formula is C13H15N3O2S. The molecule has 6 heteroatoms. The van der Waals surface area contributed by atoms with E-state index in [9.17, 15) is 4.79 Å². The Kier molecular flexibility index (Phi) is 4.11. The number of carbonyl (C=O) groups is 1. The molecule has 19 heavy (non-hydrogen) atoms. The Morgan fingerprint density at radius 1 is 1.42 bits per heavy atom. The first-order chi connectivity index (χ1) is 9.11. The Morgan fingerprint density at radius 3 is 2.74 bits per heavy atom. The van der Waals surface area contributed by atoms with Gasteiger partial charge in [0.25, 0.3) is 0 Å². The number of nitrogens with zero attached hydrogens (tertiary/aromatic N) is 3. The maximum atomic E-state index is 11.5.